The third-order valence-corrected chi connectivity index (χ3v) is 2.69. The molecule has 5 nitrogen and oxygen atoms in total. The Kier molecular flexibility index (Phi) is 4.18. The quantitative estimate of drug-likeness (QED) is 0.636. The normalized spacial score (nSPS) is 27.4. The molecule has 1 heterocycles. The topological polar surface area (TPSA) is 50.8 Å². The van der Waals surface area contributed by atoms with Gasteiger partial charge >= 0.3 is 0 Å². The molecule has 0 aromatic rings. The zero-order valence-electron chi connectivity index (χ0n) is 7.37. The maximum absolute atomic E-state index is 11.2. The van der Waals surface area contributed by atoms with E-state index in [9.17, 15) is 4.57 Å². The third kappa shape index (κ3) is 3.21. The van der Waals surface area contributed by atoms with Crippen molar-refractivity contribution in [1.82, 2.24) is 9.99 Å². The Bertz CT molecular complexity index is 159. The highest BCUT2D eigenvalue weighted by atomic mass is 31.1. The van der Waals surface area contributed by atoms with E-state index in [1.54, 1.807) is 18.8 Å². The fraction of sp³-hybridized carbons (Fsp3) is 1.00. The van der Waals surface area contributed by atoms with Gasteiger partial charge in [-0.05, 0) is 14.1 Å². The van der Waals surface area contributed by atoms with Crippen molar-refractivity contribution in [2.45, 2.75) is 6.29 Å². The molecule has 1 saturated heterocycles. The van der Waals surface area contributed by atoms with Gasteiger partial charge < -0.3 is 10.1 Å². The maximum Gasteiger partial charge on any atom is 0.262 e. The zero-order valence-corrected chi connectivity index (χ0v) is 8.37. The van der Waals surface area contributed by atoms with Gasteiger partial charge in [0, 0.05) is 13.1 Å². The first-order valence-corrected chi connectivity index (χ1v) is 5.17. The molecule has 72 valence electrons. The highest BCUT2D eigenvalue weighted by molar-refractivity contribution is 7.36. The summed E-state index contributed by atoms with van der Waals surface area (Å²) in [6, 6.07) is 0. The van der Waals surface area contributed by atoms with Gasteiger partial charge in [-0.1, -0.05) is 0 Å². The summed E-state index contributed by atoms with van der Waals surface area (Å²) in [4.78, 5) is 0. The van der Waals surface area contributed by atoms with E-state index in [1.165, 1.54) is 0 Å². The molecule has 0 aromatic heterocycles. The molecule has 1 unspecified atom stereocenters. The van der Waals surface area contributed by atoms with Gasteiger partial charge in [-0.2, -0.15) is 0 Å². The van der Waals surface area contributed by atoms with Gasteiger partial charge in [0.25, 0.3) is 8.18 Å². The van der Waals surface area contributed by atoms with Crippen LogP contribution < -0.4 is 5.32 Å². The van der Waals surface area contributed by atoms with Crippen molar-refractivity contribution >= 4 is 8.18 Å². The number of ether oxygens (including phenoxy) is 1. The smallest absolute Gasteiger partial charge is 0.262 e. The van der Waals surface area contributed by atoms with E-state index in [0.717, 1.165) is 6.54 Å². The molecule has 12 heavy (non-hydrogen) atoms. The van der Waals surface area contributed by atoms with E-state index in [1.807, 2.05) is 0 Å². The summed E-state index contributed by atoms with van der Waals surface area (Å²) in [7, 11) is 1.35. The summed E-state index contributed by atoms with van der Waals surface area (Å²) in [5, 5.41) is 3.09. The van der Waals surface area contributed by atoms with Crippen molar-refractivity contribution in [3.05, 3.63) is 0 Å². The van der Waals surface area contributed by atoms with Crippen LogP contribution in [0.5, 0.6) is 0 Å². The van der Waals surface area contributed by atoms with E-state index in [2.05, 4.69) is 5.32 Å². The van der Waals surface area contributed by atoms with Crippen molar-refractivity contribution in [3.63, 3.8) is 0 Å². The van der Waals surface area contributed by atoms with Crippen LogP contribution in [0.25, 0.3) is 0 Å². The van der Waals surface area contributed by atoms with Crippen LogP contribution in [0.15, 0.2) is 0 Å². The molecule has 6 heteroatoms. The minimum Gasteiger partial charge on any atom is -0.350 e. The monoisotopic (exact) mass is 194 g/mol. The molecule has 0 saturated carbocycles. The second-order valence-electron chi connectivity index (χ2n) is 2.78. The van der Waals surface area contributed by atoms with Gasteiger partial charge in [0.2, 0.25) is 0 Å². The Morgan fingerprint density at radius 1 is 1.67 bits per heavy atom. The molecule has 1 N–H and O–H groups in total. The highest BCUT2D eigenvalue weighted by Gasteiger charge is 2.16. The lowest BCUT2D eigenvalue weighted by Gasteiger charge is -2.24. The van der Waals surface area contributed by atoms with Crippen molar-refractivity contribution in [2.75, 3.05) is 33.8 Å². The molecule has 0 amide bonds. The summed E-state index contributed by atoms with van der Waals surface area (Å²) in [5.74, 6) is 0. The number of nitrogens with one attached hydrogen (secondary N) is 1. The third-order valence-electron chi connectivity index (χ3n) is 1.49. The van der Waals surface area contributed by atoms with Crippen LogP contribution in [0, 0.1) is 0 Å². The molecule has 2 atom stereocenters. The number of nitrogens with zero attached hydrogens (tertiary/aromatic N) is 1. The highest BCUT2D eigenvalue weighted by Crippen LogP contribution is 2.26. The van der Waals surface area contributed by atoms with Crippen molar-refractivity contribution in [3.8, 4) is 0 Å². The lowest BCUT2D eigenvalue weighted by molar-refractivity contribution is -0.0932. The summed E-state index contributed by atoms with van der Waals surface area (Å²) in [6.45, 7) is 2.07. The lowest BCUT2D eigenvalue weighted by atomic mass is 10.5. The summed E-state index contributed by atoms with van der Waals surface area (Å²) >= 11 is 0. The lowest BCUT2D eigenvalue weighted by Crippen LogP contribution is -2.39. The number of morpholine rings is 1. The second kappa shape index (κ2) is 4.94. The minimum atomic E-state index is -2.09. The van der Waals surface area contributed by atoms with Gasteiger partial charge in [-0.25, -0.2) is 4.67 Å². The summed E-state index contributed by atoms with van der Waals surface area (Å²) in [5.41, 5.74) is 0. The predicted octanol–water partition coefficient (Wildman–Crippen LogP) is -0.0998. The first-order chi connectivity index (χ1) is 5.70. The van der Waals surface area contributed by atoms with Crippen LogP contribution in [0.4, 0.5) is 0 Å². The Morgan fingerprint density at radius 3 is 2.92 bits per heavy atom. The van der Waals surface area contributed by atoms with Gasteiger partial charge in [0.1, 0.15) is 0 Å². The fourth-order valence-corrected chi connectivity index (χ4v) is 1.42. The number of hydrogen-bond acceptors (Lipinski definition) is 4. The molecule has 1 aliphatic rings. The largest absolute Gasteiger partial charge is 0.350 e. The Labute approximate surface area is 72.9 Å². The maximum atomic E-state index is 11.2. The van der Waals surface area contributed by atoms with Gasteiger partial charge in [0.05, 0.1) is 6.61 Å². The van der Waals surface area contributed by atoms with E-state index >= 15 is 0 Å². The molecule has 1 rings (SSSR count). The van der Waals surface area contributed by atoms with Crippen molar-refractivity contribution in [2.24, 2.45) is 0 Å². The SMILES string of the molecule is CN(C)[PH](=O)O[C@@H]1CNCCO1. The standard InChI is InChI=1S/C6H15N2O3P/c1-8(2)12(9)11-6-5-7-3-4-10-6/h6-7,12H,3-5H2,1-2H3/t6-/m1/s1. The number of hydrogen-bond donors (Lipinski definition) is 1. The van der Waals surface area contributed by atoms with E-state index in [0.29, 0.717) is 13.2 Å². The summed E-state index contributed by atoms with van der Waals surface area (Å²) in [6.07, 6.45) is -0.354. The van der Waals surface area contributed by atoms with Crippen LogP contribution >= 0.6 is 8.18 Å². The molecular formula is C6H15N2O3P. The predicted molar refractivity (Wildman–Crippen MR) is 46.4 cm³/mol. The number of rotatable bonds is 3. The molecule has 0 aliphatic carbocycles. The Morgan fingerprint density at radius 2 is 2.42 bits per heavy atom. The van der Waals surface area contributed by atoms with Crippen molar-refractivity contribution < 1.29 is 13.8 Å². The van der Waals surface area contributed by atoms with Crippen LogP contribution in [0.1, 0.15) is 0 Å². The fourth-order valence-electron chi connectivity index (χ4n) is 0.835. The molecule has 1 aliphatic heterocycles. The van der Waals surface area contributed by atoms with E-state index < -0.39 is 8.18 Å². The molecular weight excluding hydrogens is 179 g/mol. The van der Waals surface area contributed by atoms with Crippen LogP contribution in [-0.4, -0.2) is 44.8 Å². The molecule has 1 fully saturated rings. The Balaban J connectivity index is 2.24. The van der Waals surface area contributed by atoms with Crippen LogP contribution in [0.3, 0.4) is 0 Å². The molecule has 0 aromatic carbocycles. The summed E-state index contributed by atoms with van der Waals surface area (Å²) < 4.78 is 23.1. The first kappa shape index (κ1) is 10.2. The van der Waals surface area contributed by atoms with E-state index in [4.69, 9.17) is 9.26 Å². The van der Waals surface area contributed by atoms with Crippen LogP contribution in [0.2, 0.25) is 0 Å². The zero-order chi connectivity index (χ0) is 8.97. The van der Waals surface area contributed by atoms with Gasteiger partial charge in [-0.3, -0.25) is 9.09 Å². The van der Waals surface area contributed by atoms with Gasteiger partial charge in [-0.15, -0.1) is 0 Å². The second-order valence-corrected chi connectivity index (χ2v) is 4.44. The van der Waals surface area contributed by atoms with E-state index in [-0.39, 0.29) is 6.29 Å². The molecule has 0 spiro atoms. The Hall–Kier alpha value is 0.0700. The minimum absolute atomic E-state index is 0.354. The van der Waals surface area contributed by atoms with Crippen molar-refractivity contribution in [1.29, 1.82) is 0 Å². The molecule has 0 bridgehead atoms. The molecule has 0 radical (unpaired) electrons. The van der Waals surface area contributed by atoms with Gasteiger partial charge in [0.15, 0.2) is 6.29 Å². The average molecular weight is 194 g/mol. The average Bonchev–Trinajstić information content (AvgIpc) is 2.06. The first-order valence-electron chi connectivity index (χ1n) is 3.90. The van der Waals surface area contributed by atoms with Crippen LogP contribution in [-0.2, 0) is 13.8 Å².